The monoisotopic (exact) mass is 189 g/mol. The Bertz CT molecular complexity index is 292. The summed E-state index contributed by atoms with van der Waals surface area (Å²) in [6.07, 6.45) is 2.27. The average Bonchev–Trinajstić information content (AvgIpc) is 2.29. The van der Waals surface area contributed by atoms with E-state index in [9.17, 15) is 0 Å². The highest BCUT2D eigenvalue weighted by Crippen LogP contribution is 1.96. The average molecular weight is 189 g/mol. The topological polar surface area (TPSA) is 36.5 Å². The summed E-state index contributed by atoms with van der Waals surface area (Å²) in [5.41, 5.74) is 0. The van der Waals surface area contributed by atoms with Crippen LogP contribution >= 0.6 is 24.4 Å². The zero-order valence-electron chi connectivity index (χ0n) is 6.39. The Morgan fingerprint density at radius 3 is 2.27 bits per heavy atom. The minimum absolute atomic E-state index is 0.684. The maximum atomic E-state index is 5.00. The van der Waals surface area contributed by atoms with Crippen molar-refractivity contribution in [2.24, 2.45) is 0 Å². The van der Waals surface area contributed by atoms with Crippen LogP contribution in [0.3, 0.4) is 0 Å². The first-order valence-electron chi connectivity index (χ1n) is 3.63. The van der Waals surface area contributed by atoms with Gasteiger partial charge in [-0.2, -0.15) is 0 Å². The number of hydrogen-bond acceptors (Lipinski definition) is 2. The van der Waals surface area contributed by atoms with Gasteiger partial charge in [-0.05, 0) is 30.9 Å². The van der Waals surface area contributed by atoms with Crippen molar-refractivity contribution in [3.63, 3.8) is 0 Å². The molecule has 0 aliphatic heterocycles. The minimum atomic E-state index is 0.684. The van der Waals surface area contributed by atoms with Crippen LogP contribution in [0.1, 0.15) is 19.8 Å². The van der Waals surface area contributed by atoms with Gasteiger partial charge in [-0.15, -0.1) is 0 Å². The van der Waals surface area contributed by atoms with Crippen molar-refractivity contribution in [1.29, 1.82) is 0 Å². The van der Waals surface area contributed by atoms with E-state index in [4.69, 9.17) is 24.4 Å². The summed E-state index contributed by atoms with van der Waals surface area (Å²) in [5, 5.41) is 5.59. The summed E-state index contributed by atoms with van der Waals surface area (Å²) >= 11 is 9.99. The summed E-state index contributed by atoms with van der Waals surface area (Å²) in [6.45, 7) is 3.05. The van der Waals surface area contributed by atoms with Gasteiger partial charge in [0.2, 0.25) is 0 Å². The fourth-order valence-corrected chi connectivity index (χ4v) is 1.38. The minimum Gasteiger partial charge on any atom is -0.293 e. The smallest absolute Gasteiger partial charge is 0.194 e. The predicted octanol–water partition coefficient (Wildman–Crippen LogP) is 2.40. The lowest BCUT2D eigenvalue weighted by Gasteiger charge is -1.97. The van der Waals surface area contributed by atoms with Gasteiger partial charge in [0.15, 0.2) is 9.54 Å². The molecule has 0 aliphatic rings. The van der Waals surface area contributed by atoms with Crippen LogP contribution in [0.2, 0.25) is 0 Å². The molecule has 0 aliphatic carbocycles. The van der Waals surface area contributed by atoms with Crippen LogP contribution in [0.15, 0.2) is 0 Å². The second-order valence-electron chi connectivity index (χ2n) is 2.37. The first-order chi connectivity index (χ1) is 5.25. The summed E-state index contributed by atoms with van der Waals surface area (Å²) in [5.74, 6) is 0. The fraction of sp³-hybridized carbons (Fsp3) is 0.667. The molecule has 0 atom stereocenters. The largest absolute Gasteiger partial charge is 0.293 e. The molecule has 0 fully saturated rings. The van der Waals surface area contributed by atoms with Gasteiger partial charge in [0, 0.05) is 6.54 Å². The molecule has 0 saturated heterocycles. The molecule has 2 N–H and O–H groups in total. The van der Waals surface area contributed by atoms with Crippen molar-refractivity contribution in [2.75, 3.05) is 0 Å². The third-order valence-corrected chi connectivity index (χ3v) is 2.15. The Balaban J connectivity index is 2.84. The molecule has 1 aromatic heterocycles. The SMILES string of the molecule is CCCCn1c(=S)[nH][nH]c1=S. The van der Waals surface area contributed by atoms with E-state index >= 15 is 0 Å². The first-order valence-corrected chi connectivity index (χ1v) is 4.45. The van der Waals surface area contributed by atoms with E-state index in [2.05, 4.69) is 17.1 Å². The lowest BCUT2D eigenvalue weighted by molar-refractivity contribution is 0.618. The van der Waals surface area contributed by atoms with E-state index in [1.807, 2.05) is 4.57 Å². The van der Waals surface area contributed by atoms with Crippen LogP contribution in [0.25, 0.3) is 0 Å². The molecule has 0 radical (unpaired) electrons. The van der Waals surface area contributed by atoms with Crippen LogP contribution < -0.4 is 0 Å². The molecule has 0 bridgehead atoms. The predicted molar refractivity (Wildman–Crippen MR) is 49.7 cm³/mol. The van der Waals surface area contributed by atoms with Crippen LogP contribution in [0, 0.1) is 9.54 Å². The molecular weight excluding hydrogens is 178 g/mol. The lowest BCUT2D eigenvalue weighted by atomic mass is 10.3. The number of unbranched alkanes of at least 4 members (excludes halogenated alkanes) is 1. The van der Waals surface area contributed by atoms with Crippen molar-refractivity contribution in [1.82, 2.24) is 14.8 Å². The van der Waals surface area contributed by atoms with Gasteiger partial charge in [0.05, 0.1) is 0 Å². The molecule has 1 aromatic rings. The van der Waals surface area contributed by atoms with Crippen LogP contribution in [-0.4, -0.2) is 14.8 Å². The number of aromatic amines is 2. The van der Waals surface area contributed by atoms with E-state index < -0.39 is 0 Å². The van der Waals surface area contributed by atoms with Gasteiger partial charge < -0.3 is 0 Å². The highest BCUT2D eigenvalue weighted by molar-refractivity contribution is 7.72. The maximum absolute atomic E-state index is 5.00. The van der Waals surface area contributed by atoms with Crippen LogP contribution in [0.4, 0.5) is 0 Å². The molecule has 0 saturated carbocycles. The molecule has 62 valence electrons. The normalized spacial score (nSPS) is 10.3. The standard InChI is InChI=1S/C6H11N3S2/c1-2-3-4-9-5(10)7-8-6(9)11/h2-4H2,1H3,(H,7,10)(H,8,11). The quantitative estimate of drug-likeness (QED) is 0.716. The van der Waals surface area contributed by atoms with E-state index in [1.54, 1.807) is 0 Å². The van der Waals surface area contributed by atoms with E-state index in [-0.39, 0.29) is 0 Å². The van der Waals surface area contributed by atoms with Crippen molar-refractivity contribution >= 4 is 24.4 Å². The van der Waals surface area contributed by atoms with Crippen LogP contribution in [-0.2, 0) is 6.54 Å². The number of nitrogens with zero attached hydrogens (tertiary/aromatic N) is 1. The van der Waals surface area contributed by atoms with Gasteiger partial charge in [-0.3, -0.25) is 14.8 Å². The number of aromatic nitrogens is 3. The van der Waals surface area contributed by atoms with Crippen molar-refractivity contribution in [3.05, 3.63) is 9.54 Å². The number of H-pyrrole nitrogens is 2. The molecule has 5 heteroatoms. The molecule has 3 nitrogen and oxygen atoms in total. The first kappa shape index (κ1) is 8.67. The number of hydrogen-bond donors (Lipinski definition) is 2. The molecule has 1 heterocycles. The Labute approximate surface area is 75.4 Å². The summed E-state index contributed by atoms with van der Waals surface area (Å²) in [6, 6.07) is 0. The van der Waals surface area contributed by atoms with Gasteiger partial charge in [-0.1, -0.05) is 13.3 Å². The number of rotatable bonds is 3. The third-order valence-electron chi connectivity index (χ3n) is 1.50. The zero-order valence-corrected chi connectivity index (χ0v) is 8.02. The van der Waals surface area contributed by atoms with E-state index in [0.29, 0.717) is 9.54 Å². The molecule has 0 amide bonds. The number of nitrogens with one attached hydrogen (secondary N) is 2. The third kappa shape index (κ3) is 2.00. The van der Waals surface area contributed by atoms with Gasteiger partial charge in [-0.25, -0.2) is 0 Å². The van der Waals surface area contributed by atoms with Gasteiger partial charge in [0.25, 0.3) is 0 Å². The maximum Gasteiger partial charge on any atom is 0.194 e. The Kier molecular flexibility index (Phi) is 3.02. The summed E-state index contributed by atoms with van der Waals surface area (Å²) in [7, 11) is 0. The Morgan fingerprint density at radius 1 is 1.27 bits per heavy atom. The van der Waals surface area contributed by atoms with E-state index in [0.717, 1.165) is 19.4 Å². The molecule has 1 rings (SSSR count). The molecule has 11 heavy (non-hydrogen) atoms. The van der Waals surface area contributed by atoms with Gasteiger partial charge in [0.1, 0.15) is 0 Å². The Morgan fingerprint density at radius 2 is 1.82 bits per heavy atom. The summed E-state index contributed by atoms with van der Waals surface area (Å²) < 4.78 is 3.26. The van der Waals surface area contributed by atoms with E-state index in [1.165, 1.54) is 0 Å². The Hall–Kier alpha value is -0.420. The second kappa shape index (κ2) is 3.82. The fourth-order valence-electron chi connectivity index (χ4n) is 0.853. The second-order valence-corrected chi connectivity index (χ2v) is 3.14. The highest BCUT2D eigenvalue weighted by atomic mass is 32.1. The zero-order chi connectivity index (χ0) is 8.27. The van der Waals surface area contributed by atoms with Crippen molar-refractivity contribution in [3.8, 4) is 0 Å². The molecule has 0 aromatic carbocycles. The van der Waals surface area contributed by atoms with Gasteiger partial charge >= 0.3 is 0 Å². The molecule has 0 unspecified atom stereocenters. The van der Waals surface area contributed by atoms with Crippen molar-refractivity contribution in [2.45, 2.75) is 26.3 Å². The lowest BCUT2D eigenvalue weighted by Crippen LogP contribution is -1.97. The van der Waals surface area contributed by atoms with Crippen molar-refractivity contribution < 1.29 is 0 Å². The highest BCUT2D eigenvalue weighted by Gasteiger charge is 1.93. The molecule has 0 spiro atoms. The summed E-state index contributed by atoms with van der Waals surface area (Å²) in [4.78, 5) is 0. The van der Waals surface area contributed by atoms with Crippen LogP contribution in [0.5, 0.6) is 0 Å². The molecular formula is C6H11N3S2.